The van der Waals surface area contributed by atoms with E-state index in [4.69, 9.17) is 9.11 Å². The van der Waals surface area contributed by atoms with Gasteiger partial charge in [0.15, 0.2) is 0 Å². The number of carbonyl (C=O) groups is 1. The van der Waals surface area contributed by atoms with Crippen LogP contribution in [0.2, 0.25) is 0 Å². The van der Waals surface area contributed by atoms with Gasteiger partial charge in [0.2, 0.25) is 0 Å². The molecule has 0 saturated heterocycles. The second kappa shape index (κ2) is 14.8. The molecule has 36 heavy (non-hydrogen) atoms. The maximum Gasteiger partial charge on any atom is 0.265 e. The van der Waals surface area contributed by atoms with Gasteiger partial charge in [0.1, 0.15) is 15.8 Å². The van der Waals surface area contributed by atoms with E-state index < -0.39 is 42.2 Å². The molecule has 11 nitrogen and oxygen atoms in total. The second-order valence-corrected chi connectivity index (χ2v) is 14.6. The maximum atomic E-state index is 13.1. The van der Waals surface area contributed by atoms with Gasteiger partial charge in [0, 0.05) is 24.3 Å². The molecule has 0 amide bonds. The van der Waals surface area contributed by atoms with E-state index in [1.54, 1.807) is 12.4 Å². The lowest BCUT2D eigenvalue weighted by atomic mass is 10.1. The van der Waals surface area contributed by atoms with Gasteiger partial charge in [-0.2, -0.15) is 40.4 Å². The fraction of sp³-hybridized carbons (Fsp3) is 0.526. The number of carbonyl (C=O) groups excluding carboxylic acids is 1. The molecule has 2 aromatic rings. The Labute approximate surface area is 227 Å². The molecule has 0 aromatic carbocycles. The van der Waals surface area contributed by atoms with E-state index in [-0.39, 0.29) is 30.1 Å². The third-order valence-corrected chi connectivity index (χ3v) is 10.2. The van der Waals surface area contributed by atoms with Crippen molar-refractivity contribution in [3.63, 3.8) is 0 Å². The van der Waals surface area contributed by atoms with Gasteiger partial charge < -0.3 is 0 Å². The van der Waals surface area contributed by atoms with Crippen molar-refractivity contribution in [2.45, 2.75) is 33.4 Å². The molecular weight excluding hydrogens is 589 g/mol. The van der Waals surface area contributed by atoms with Crippen molar-refractivity contribution in [2.24, 2.45) is 0 Å². The summed E-state index contributed by atoms with van der Waals surface area (Å²) in [5.41, 5.74) is 1.00. The van der Waals surface area contributed by atoms with E-state index in [1.165, 1.54) is 59.4 Å². The standard InChI is InChI=1S/C19H26N4O7S6/c1-31-18-11-20-14(9-22-18)16(33-3-5-35(25,26)27)7-13(24)8-17(34-4-6-36(28,29)30)15-10-23-19(32-2)12-21-15/h9-12,16-17H,3-8H2,1-2H3,(H,25,26,27)(H,28,29,30). The Kier molecular flexibility index (Phi) is 12.9. The average Bonchev–Trinajstić information content (AvgIpc) is 2.81. The number of ketones is 1. The maximum absolute atomic E-state index is 13.1. The first-order chi connectivity index (χ1) is 16.9. The van der Waals surface area contributed by atoms with Gasteiger partial charge in [-0.3, -0.25) is 23.9 Å². The Bertz CT molecular complexity index is 1100. The summed E-state index contributed by atoms with van der Waals surface area (Å²) in [4.78, 5) is 30.4. The molecule has 0 aliphatic carbocycles. The van der Waals surface area contributed by atoms with Crippen molar-refractivity contribution >= 4 is 73.1 Å². The molecule has 0 saturated carbocycles. The lowest BCUT2D eigenvalue weighted by molar-refractivity contribution is -0.119. The molecule has 0 spiro atoms. The number of hydrogen-bond acceptors (Lipinski definition) is 13. The summed E-state index contributed by atoms with van der Waals surface area (Å²) >= 11 is 5.16. The monoisotopic (exact) mass is 614 g/mol. The molecule has 2 heterocycles. The van der Waals surface area contributed by atoms with E-state index in [2.05, 4.69) is 19.9 Å². The molecule has 0 aliphatic heterocycles. The smallest absolute Gasteiger partial charge is 0.265 e. The molecule has 0 radical (unpaired) electrons. The Hall–Kier alpha value is -0.950. The van der Waals surface area contributed by atoms with Crippen molar-refractivity contribution in [2.75, 3.05) is 35.5 Å². The van der Waals surface area contributed by atoms with Crippen LogP contribution >= 0.6 is 47.0 Å². The fourth-order valence-corrected chi connectivity index (χ4v) is 7.63. The van der Waals surface area contributed by atoms with Crippen LogP contribution in [0.1, 0.15) is 34.7 Å². The van der Waals surface area contributed by atoms with E-state index in [0.717, 1.165) is 0 Å². The minimum atomic E-state index is -4.16. The SMILES string of the molecule is CSc1cnc(C(CC(=O)CC(SCCS(=O)(=O)O)c2cnc(SC)cn2)SCCS(=O)(=O)O)cn1. The molecule has 0 fully saturated rings. The van der Waals surface area contributed by atoms with Crippen LogP contribution in [0.4, 0.5) is 0 Å². The number of Topliss-reactive ketones (excluding diaryl/α,β-unsaturated/α-hetero) is 1. The van der Waals surface area contributed by atoms with E-state index >= 15 is 0 Å². The van der Waals surface area contributed by atoms with Crippen molar-refractivity contribution in [3.05, 3.63) is 36.2 Å². The number of aromatic nitrogens is 4. The molecule has 17 heteroatoms. The van der Waals surface area contributed by atoms with Gasteiger partial charge in [-0.15, -0.1) is 23.5 Å². The van der Waals surface area contributed by atoms with Gasteiger partial charge >= 0.3 is 0 Å². The normalized spacial score (nSPS) is 13.9. The lowest BCUT2D eigenvalue weighted by Crippen LogP contribution is -2.14. The topological polar surface area (TPSA) is 177 Å². The Morgan fingerprint density at radius 3 is 1.42 bits per heavy atom. The average molecular weight is 615 g/mol. The summed E-state index contributed by atoms with van der Waals surface area (Å²) in [5, 5.41) is 0.371. The van der Waals surface area contributed by atoms with Gasteiger partial charge in [0.05, 0.1) is 58.2 Å². The highest BCUT2D eigenvalue weighted by atomic mass is 32.2. The summed E-state index contributed by atoms with van der Waals surface area (Å²) in [6.45, 7) is 0. The van der Waals surface area contributed by atoms with Crippen LogP contribution in [0.5, 0.6) is 0 Å². The van der Waals surface area contributed by atoms with Crippen molar-refractivity contribution in [1.82, 2.24) is 19.9 Å². The van der Waals surface area contributed by atoms with Gasteiger partial charge in [-0.25, -0.2) is 9.97 Å². The third-order valence-electron chi connectivity index (χ3n) is 4.52. The predicted octanol–water partition coefficient (Wildman–Crippen LogP) is 3.08. The first-order valence-electron chi connectivity index (χ1n) is 10.3. The molecule has 200 valence electrons. The van der Waals surface area contributed by atoms with E-state index in [0.29, 0.717) is 21.4 Å². The number of nitrogens with zero attached hydrogens (tertiary/aromatic N) is 4. The van der Waals surface area contributed by atoms with Crippen LogP contribution < -0.4 is 0 Å². The van der Waals surface area contributed by atoms with Crippen molar-refractivity contribution in [1.29, 1.82) is 0 Å². The fourth-order valence-electron chi connectivity index (χ4n) is 2.78. The second-order valence-electron chi connectivity index (χ2n) is 7.21. The molecule has 2 rings (SSSR count). The zero-order chi connectivity index (χ0) is 26.8. The first kappa shape index (κ1) is 31.3. The number of hydrogen-bond donors (Lipinski definition) is 2. The molecule has 2 unspecified atom stereocenters. The minimum Gasteiger partial charge on any atom is -0.300 e. The highest BCUT2D eigenvalue weighted by molar-refractivity contribution is 8.01. The first-order valence-corrected chi connectivity index (χ1v) is 18.0. The molecule has 2 aromatic heterocycles. The van der Waals surface area contributed by atoms with Crippen molar-refractivity contribution in [3.8, 4) is 0 Å². The Balaban J connectivity index is 2.18. The molecular formula is C19H26N4O7S6. The summed E-state index contributed by atoms with van der Waals surface area (Å²) in [6.07, 6.45) is 9.92. The van der Waals surface area contributed by atoms with Crippen LogP contribution in [0.3, 0.4) is 0 Å². The Morgan fingerprint density at radius 1 is 0.750 bits per heavy atom. The lowest BCUT2D eigenvalue weighted by Gasteiger charge is -2.18. The summed E-state index contributed by atoms with van der Waals surface area (Å²) < 4.78 is 62.7. The summed E-state index contributed by atoms with van der Waals surface area (Å²) in [6, 6.07) is 0. The van der Waals surface area contributed by atoms with Gasteiger partial charge in [-0.1, -0.05) is 0 Å². The number of thioether (sulfide) groups is 4. The van der Waals surface area contributed by atoms with Crippen molar-refractivity contribution < 1.29 is 30.7 Å². The largest absolute Gasteiger partial charge is 0.300 e. The molecule has 0 bridgehead atoms. The van der Waals surface area contributed by atoms with E-state index in [1.807, 2.05) is 12.5 Å². The van der Waals surface area contributed by atoms with Crippen LogP contribution in [0.25, 0.3) is 0 Å². The van der Waals surface area contributed by atoms with E-state index in [9.17, 15) is 21.6 Å². The van der Waals surface area contributed by atoms with Gasteiger partial charge in [0.25, 0.3) is 20.2 Å². The molecule has 2 atom stereocenters. The minimum absolute atomic E-state index is 0.00905. The van der Waals surface area contributed by atoms with Crippen LogP contribution in [-0.4, -0.2) is 87.2 Å². The predicted molar refractivity (Wildman–Crippen MR) is 145 cm³/mol. The van der Waals surface area contributed by atoms with Crippen LogP contribution in [0, 0.1) is 0 Å². The zero-order valence-electron chi connectivity index (χ0n) is 19.4. The zero-order valence-corrected chi connectivity index (χ0v) is 24.3. The van der Waals surface area contributed by atoms with Crippen LogP contribution in [-0.2, 0) is 25.0 Å². The molecule has 2 N–H and O–H groups in total. The van der Waals surface area contributed by atoms with Crippen LogP contribution in [0.15, 0.2) is 34.8 Å². The number of rotatable bonds is 16. The Morgan fingerprint density at radius 2 is 1.14 bits per heavy atom. The summed E-state index contributed by atoms with van der Waals surface area (Å²) in [5.74, 6) is -1.02. The quantitative estimate of drug-likeness (QED) is 0.208. The highest BCUT2D eigenvalue weighted by Crippen LogP contribution is 2.36. The summed E-state index contributed by atoms with van der Waals surface area (Å²) in [7, 11) is -8.32. The third kappa shape index (κ3) is 12.1. The highest BCUT2D eigenvalue weighted by Gasteiger charge is 2.24. The molecule has 0 aliphatic rings. The van der Waals surface area contributed by atoms with Gasteiger partial charge in [-0.05, 0) is 12.5 Å².